The highest BCUT2D eigenvalue weighted by molar-refractivity contribution is 8.18. The summed E-state index contributed by atoms with van der Waals surface area (Å²) in [6, 6.07) is 0. The van der Waals surface area contributed by atoms with E-state index in [0.29, 0.717) is 10.00 Å². The Kier molecular flexibility index (Phi) is 2.38. The molecule has 0 unspecified atom stereocenters. The van der Waals surface area contributed by atoms with E-state index in [1.54, 1.807) is 0 Å². The van der Waals surface area contributed by atoms with Crippen LogP contribution in [0, 0.1) is 12.8 Å². The van der Waals surface area contributed by atoms with Crippen molar-refractivity contribution in [2.75, 3.05) is 11.5 Å². The van der Waals surface area contributed by atoms with E-state index in [9.17, 15) is 0 Å². The molecule has 1 saturated heterocycles. The summed E-state index contributed by atoms with van der Waals surface area (Å²) >= 11 is 4.06. The lowest BCUT2D eigenvalue weighted by Gasteiger charge is -2.31. The van der Waals surface area contributed by atoms with Crippen molar-refractivity contribution in [2.45, 2.75) is 17.9 Å². The second kappa shape index (κ2) is 2.75. The maximum atomic E-state index is 4.02. The molecule has 1 rings (SSSR count). The van der Waals surface area contributed by atoms with Gasteiger partial charge < -0.3 is 0 Å². The minimum atomic E-state index is 0.453. The van der Waals surface area contributed by atoms with Crippen LogP contribution in [0.25, 0.3) is 0 Å². The Balaban J connectivity index is 2.35. The van der Waals surface area contributed by atoms with Gasteiger partial charge in [-0.2, -0.15) is 0 Å². The van der Waals surface area contributed by atoms with Crippen molar-refractivity contribution >= 4 is 23.5 Å². The fourth-order valence-corrected chi connectivity index (χ4v) is 3.13. The summed E-state index contributed by atoms with van der Waals surface area (Å²) in [6.07, 6.45) is 0. The van der Waals surface area contributed by atoms with Crippen molar-refractivity contribution in [2.24, 2.45) is 5.92 Å². The molecule has 0 aromatic carbocycles. The van der Waals surface area contributed by atoms with Gasteiger partial charge in [0, 0.05) is 0 Å². The minimum absolute atomic E-state index is 0.453. The third kappa shape index (κ3) is 2.42. The smallest absolute Gasteiger partial charge is 0.0555 e. The van der Waals surface area contributed by atoms with Gasteiger partial charge in [-0.3, -0.25) is 0 Å². The average molecular weight is 161 g/mol. The maximum Gasteiger partial charge on any atom is 0.0555 e. The predicted octanol–water partition coefficient (Wildman–Crippen LogP) is 2.65. The van der Waals surface area contributed by atoms with Gasteiger partial charge in [0.1, 0.15) is 0 Å². The molecule has 0 bridgehead atoms. The molecule has 0 saturated carbocycles. The number of rotatable bonds is 0. The normalized spacial score (nSPS) is 28.3. The summed E-state index contributed by atoms with van der Waals surface area (Å²) < 4.78 is 0.453. The molecule has 0 nitrogen and oxygen atoms in total. The fraction of sp³-hybridized carbons (Fsp3) is 0.857. The highest BCUT2D eigenvalue weighted by atomic mass is 32.2. The average Bonchev–Trinajstić information content (AvgIpc) is 1.78. The fourth-order valence-electron chi connectivity index (χ4n) is 0.727. The van der Waals surface area contributed by atoms with Gasteiger partial charge in [-0.1, -0.05) is 0 Å². The van der Waals surface area contributed by atoms with E-state index in [-0.39, 0.29) is 0 Å². The first-order valence-electron chi connectivity index (χ1n) is 3.21. The molecule has 0 aromatic rings. The molecule has 0 amide bonds. The molecule has 9 heavy (non-hydrogen) atoms. The van der Waals surface area contributed by atoms with Crippen LogP contribution in [0.2, 0.25) is 0 Å². The lowest BCUT2D eigenvalue weighted by molar-refractivity contribution is 0.826. The molecule has 0 atom stereocenters. The number of thioether (sulfide) groups is 2. The second-order valence-electron chi connectivity index (χ2n) is 2.89. The molecule has 0 spiro atoms. The molecule has 1 aliphatic heterocycles. The van der Waals surface area contributed by atoms with Gasteiger partial charge in [0.05, 0.1) is 4.08 Å². The van der Waals surface area contributed by atoms with Crippen LogP contribution < -0.4 is 0 Å². The number of hydrogen-bond donors (Lipinski definition) is 0. The quantitative estimate of drug-likeness (QED) is 0.536. The van der Waals surface area contributed by atoms with E-state index >= 15 is 0 Å². The van der Waals surface area contributed by atoms with Crippen molar-refractivity contribution in [3.63, 3.8) is 0 Å². The van der Waals surface area contributed by atoms with Crippen LogP contribution in [0.5, 0.6) is 0 Å². The van der Waals surface area contributed by atoms with Gasteiger partial charge in [0.25, 0.3) is 0 Å². The first-order chi connectivity index (χ1) is 4.10. The van der Waals surface area contributed by atoms with E-state index in [1.807, 2.05) is 23.5 Å². The van der Waals surface area contributed by atoms with Gasteiger partial charge in [0.2, 0.25) is 0 Å². The predicted molar refractivity (Wildman–Crippen MR) is 47.8 cm³/mol. The van der Waals surface area contributed by atoms with Crippen molar-refractivity contribution in [3.8, 4) is 0 Å². The Morgan fingerprint density at radius 3 is 2.11 bits per heavy atom. The SMILES string of the molecule is [CH2]C1CSC(C)(C)SC1. The van der Waals surface area contributed by atoms with Gasteiger partial charge >= 0.3 is 0 Å². The first-order valence-corrected chi connectivity index (χ1v) is 5.18. The Bertz CT molecular complexity index is 89.1. The lowest BCUT2D eigenvalue weighted by atomic mass is 10.3. The summed E-state index contributed by atoms with van der Waals surface area (Å²) in [7, 11) is 0. The van der Waals surface area contributed by atoms with Crippen molar-refractivity contribution in [3.05, 3.63) is 6.92 Å². The second-order valence-corrected chi connectivity index (χ2v) is 6.43. The Labute approximate surface area is 66.2 Å². The zero-order valence-electron chi connectivity index (χ0n) is 6.02. The van der Waals surface area contributed by atoms with Crippen molar-refractivity contribution < 1.29 is 0 Å². The molecule has 2 heteroatoms. The maximum absolute atomic E-state index is 4.02. The minimum Gasteiger partial charge on any atom is -0.144 e. The van der Waals surface area contributed by atoms with E-state index < -0.39 is 0 Å². The van der Waals surface area contributed by atoms with E-state index in [4.69, 9.17) is 0 Å². The summed E-state index contributed by atoms with van der Waals surface area (Å²) in [5.41, 5.74) is 0. The van der Waals surface area contributed by atoms with Crippen LogP contribution in [0.15, 0.2) is 0 Å². The van der Waals surface area contributed by atoms with Crippen LogP contribution in [0.3, 0.4) is 0 Å². The van der Waals surface area contributed by atoms with E-state index in [2.05, 4.69) is 20.8 Å². The molecule has 0 aliphatic carbocycles. The molecule has 1 radical (unpaired) electrons. The molecular weight excluding hydrogens is 148 g/mol. The van der Waals surface area contributed by atoms with Crippen LogP contribution >= 0.6 is 23.5 Å². The monoisotopic (exact) mass is 161 g/mol. The van der Waals surface area contributed by atoms with Crippen LogP contribution in [-0.4, -0.2) is 15.6 Å². The van der Waals surface area contributed by atoms with Gasteiger partial charge in [-0.25, -0.2) is 0 Å². The molecule has 0 N–H and O–H groups in total. The first kappa shape index (κ1) is 7.80. The topological polar surface area (TPSA) is 0 Å². The largest absolute Gasteiger partial charge is 0.144 e. The Hall–Kier alpha value is 0.700. The van der Waals surface area contributed by atoms with Crippen molar-refractivity contribution in [1.82, 2.24) is 0 Å². The van der Waals surface area contributed by atoms with Crippen molar-refractivity contribution in [1.29, 1.82) is 0 Å². The van der Waals surface area contributed by atoms with Crippen LogP contribution in [0.4, 0.5) is 0 Å². The summed E-state index contributed by atoms with van der Waals surface area (Å²) in [5, 5.41) is 0. The van der Waals surface area contributed by atoms with Gasteiger partial charge in [-0.05, 0) is 38.2 Å². The van der Waals surface area contributed by atoms with Gasteiger partial charge in [-0.15, -0.1) is 23.5 Å². The van der Waals surface area contributed by atoms with E-state index in [0.717, 1.165) is 0 Å². The van der Waals surface area contributed by atoms with E-state index in [1.165, 1.54) is 11.5 Å². The molecule has 1 heterocycles. The van der Waals surface area contributed by atoms with Crippen LogP contribution in [-0.2, 0) is 0 Å². The Morgan fingerprint density at radius 2 is 1.78 bits per heavy atom. The summed E-state index contributed by atoms with van der Waals surface area (Å²) in [5.74, 6) is 3.15. The highest BCUT2D eigenvalue weighted by Gasteiger charge is 2.25. The van der Waals surface area contributed by atoms with Crippen LogP contribution in [0.1, 0.15) is 13.8 Å². The standard InChI is InChI=1S/C7H13S2/c1-6-4-8-7(2,3)9-5-6/h6H,1,4-5H2,2-3H3. The molecule has 0 aromatic heterocycles. The molecule has 1 aliphatic rings. The highest BCUT2D eigenvalue weighted by Crippen LogP contribution is 2.42. The lowest BCUT2D eigenvalue weighted by Crippen LogP contribution is -2.21. The Morgan fingerprint density at radius 1 is 1.33 bits per heavy atom. The molecule has 53 valence electrons. The zero-order valence-corrected chi connectivity index (χ0v) is 7.65. The number of hydrogen-bond acceptors (Lipinski definition) is 2. The molecule has 1 fully saturated rings. The third-order valence-corrected chi connectivity index (χ3v) is 4.71. The zero-order chi connectivity index (χ0) is 6.91. The third-order valence-electron chi connectivity index (χ3n) is 1.33. The van der Waals surface area contributed by atoms with Gasteiger partial charge in [0.15, 0.2) is 0 Å². The molecular formula is C7H13S2. The summed E-state index contributed by atoms with van der Waals surface area (Å²) in [6.45, 7) is 8.59. The summed E-state index contributed by atoms with van der Waals surface area (Å²) in [4.78, 5) is 0.